The highest BCUT2D eigenvalue weighted by atomic mass is 35.5. The largest absolute Gasteiger partial charge is 0.449 e. The Balaban J connectivity index is 2.04. The Labute approximate surface area is 144 Å². The third-order valence-corrected chi connectivity index (χ3v) is 4.01. The molecule has 6 heteroatoms. The molecule has 1 N–H and O–H groups in total. The van der Waals surface area contributed by atoms with Gasteiger partial charge in [0, 0.05) is 10.7 Å². The monoisotopic (exact) mass is 351 g/mol. The first-order valence-corrected chi connectivity index (χ1v) is 7.67. The van der Waals surface area contributed by atoms with Crippen LogP contribution in [0.3, 0.4) is 0 Å². The van der Waals surface area contributed by atoms with Crippen LogP contribution in [-0.2, 0) is 9.53 Å². The van der Waals surface area contributed by atoms with E-state index in [2.05, 4.69) is 5.32 Å². The Bertz CT molecular complexity index is 746. The van der Waals surface area contributed by atoms with Crippen LogP contribution in [0.1, 0.15) is 22.8 Å². The summed E-state index contributed by atoms with van der Waals surface area (Å²) in [6.45, 7) is 3.28. The van der Waals surface area contributed by atoms with Gasteiger partial charge in [0.05, 0.1) is 10.6 Å². The van der Waals surface area contributed by atoms with Gasteiger partial charge in [-0.05, 0) is 43.7 Å². The predicted octanol–water partition coefficient (Wildman–Crippen LogP) is 4.49. The van der Waals surface area contributed by atoms with Gasteiger partial charge < -0.3 is 10.1 Å². The second-order valence-corrected chi connectivity index (χ2v) is 5.74. The smallest absolute Gasteiger partial charge is 0.340 e. The van der Waals surface area contributed by atoms with Crippen LogP contribution < -0.4 is 5.32 Å². The minimum atomic E-state index is -0.975. The minimum Gasteiger partial charge on any atom is -0.449 e. The molecule has 0 radical (unpaired) electrons. The molecule has 0 bridgehead atoms. The van der Waals surface area contributed by atoms with Crippen molar-refractivity contribution in [2.45, 2.75) is 20.0 Å². The van der Waals surface area contributed by atoms with Gasteiger partial charge in [-0.3, -0.25) is 4.79 Å². The van der Waals surface area contributed by atoms with Crippen molar-refractivity contribution in [1.29, 1.82) is 0 Å². The second kappa shape index (κ2) is 7.49. The third kappa shape index (κ3) is 4.24. The number of ether oxygens (including phenoxy) is 1. The maximum Gasteiger partial charge on any atom is 0.340 e. The highest BCUT2D eigenvalue weighted by molar-refractivity contribution is 6.33. The average molecular weight is 352 g/mol. The van der Waals surface area contributed by atoms with Crippen molar-refractivity contribution in [1.82, 2.24) is 0 Å². The van der Waals surface area contributed by atoms with Crippen molar-refractivity contribution < 1.29 is 14.3 Å². The van der Waals surface area contributed by atoms with Crippen LogP contribution in [-0.4, -0.2) is 18.0 Å². The zero-order valence-electron chi connectivity index (χ0n) is 12.6. The summed E-state index contributed by atoms with van der Waals surface area (Å²) in [7, 11) is 0. The maximum atomic E-state index is 12.2. The molecular formula is C17H15Cl2NO3. The molecule has 1 amide bonds. The van der Waals surface area contributed by atoms with Crippen LogP contribution in [0.2, 0.25) is 10.0 Å². The van der Waals surface area contributed by atoms with Crippen molar-refractivity contribution in [3.05, 3.63) is 63.6 Å². The fourth-order valence-electron chi connectivity index (χ4n) is 1.88. The summed E-state index contributed by atoms with van der Waals surface area (Å²) in [5, 5.41) is 3.51. The van der Waals surface area contributed by atoms with Crippen molar-refractivity contribution in [3.63, 3.8) is 0 Å². The zero-order chi connectivity index (χ0) is 17.0. The van der Waals surface area contributed by atoms with Crippen molar-refractivity contribution in [2.75, 3.05) is 5.32 Å². The van der Waals surface area contributed by atoms with Gasteiger partial charge >= 0.3 is 5.97 Å². The van der Waals surface area contributed by atoms with E-state index in [0.29, 0.717) is 10.7 Å². The molecular weight excluding hydrogens is 337 g/mol. The number of hydrogen-bond donors (Lipinski definition) is 1. The van der Waals surface area contributed by atoms with E-state index in [4.69, 9.17) is 27.9 Å². The Hall–Kier alpha value is -2.04. The molecule has 120 valence electrons. The van der Waals surface area contributed by atoms with Crippen LogP contribution in [0.4, 0.5) is 5.69 Å². The first-order valence-electron chi connectivity index (χ1n) is 6.91. The SMILES string of the molecule is Cc1c(Cl)cccc1NC(=O)[C@@H](C)OC(=O)c1ccccc1Cl. The number of nitrogens with one attached hydrogen (secondary N) is 1. The Morgan fingerprint density at radius 1 is 1.04 bits per heavy atom. The number of esters is 1. The lowest BCUT2D eigenvalue weighted by Crippen LogP contribution is -2.30. The van der Waals surface area contributed by atoms with Crippen LogP contribution in [0.25, 0.3) is 0 Å². The molecule has 0 aliphatic carbocycles. The van der Waals surface area contributed by atoms with E-state index in [1.165, 1.54) is 13.0 Å². The molecule has 0 fully saturated rings. The lowest BCUT2D eigenvalue weighted by molar-refractivity contribution is -0.123. The fourth-order valence-corrected chi connectivity index (χ4v) is 2.27. The number of amides is 1. The molecule has 2 aromatic rings. The van der Waals surface area contributed by atoms with Gasteiger partial charge in [-0.1, -0.05) is 41.4 Å². The van der Waals surface area contributed by atoms with E-state index in [9.17, 15) is 9.59 Å². The molecule has 2 rings (SSSR count). The number of rotatable bonds is 4. The molecule has 0 aromatic heterocycles. The van der Waals surface area contributed by atoms with Gasteiger partial charge in [0.15, 0.2) is 6.10 Å². The lowest BCUT2D eigenvalue weighted by atomic mass is 10.2. The van der Waals surface area contributed by atoms with Crippen molar-refractivity contribution in [3.8, 4) is 0 Å². The Morgan fingerprint density at radius 2 is 1.70 bits per heavy atom. The Kier molecular flexibility index (Phi) is 5.64. The van der Waals surface area contributed by atoms with E-state index in [1.54, 1.807) is 43.3 Å². The molecule has 2 aromatic carbocycles. The van der Waals surface area contributed by atoms with Crippen molar-refractivity contribution >= 4 is 40.8 Å². The van der Waals surface area contributed by atoms with E-state index < -0.39 is 18.0 Å². The second-order valence-electron chi connectivity index (χ2n) is 4.93. The Morgan fingerprint density at radius 3 is 2.39 bits per heavy atom. The van der Waals surface area contributed by atoms with E-state index in [0.717, 1.165) is 5.56 Å². The minimum absolute atomic E-state index is 0.216. The van der Waals surface area contributed by atoms with Gasteiger partial charge in [-0.15, -0.1) is 0 Å². The molecule has 0 saturated heterocycles. The van der Waals surface area contributed by atoms with Crippen LogP contribution in [0.5, 0.6) is 0 Å². The number of benzene rings is 2. The van der Waals surface area contributed by atoms with Crippen LogP contribution in [0, 0.1) is 6.92 Å². The topological polar surface area (TPSA) is 55.4 Å². The molecule has 0 aliphatic heterocycles. The zero-order valence-corrected chi connectivity index (χ0v) is 14.1. The normalized spacial score (nSPS) is 11.7. The number of hydrogen-bond acceptors (Lipinski definition) is 3. The molecule has 4 nitrogen and oxygen atoms in total. The molecule has 0 unspecified atom stereocenters. The maximum absolute atomic E-state index is 12.2. The first kappa shape index (κ1) is 17.3. The van der Waals surface area contributed by atoms with Gasteiger partial charge in [0.2, 0.25) is 0 Å². The summed E-state index contributed by atoms with van der Waals surface area (Å²) in [4.78, 5) is 24.2. The molecule has 0 spiro atoms. The fraction of sp³-hybridized carbons (Fsp3) is 0.176. The summed E-state index contributed by atoms with van der Waals surface area (Å²) in [5.74, 6) is -1.10. The molecule has 0 aliphatic rings. The lowest BCUT2D eigenvalue weighted by Gasteiger charge is -2.15. The number of carbonyl (C=O) groups excluding carboxylic acids is 2. The molecule has 23 heavy (non-hydrogen) atoms. The van der Waals surface area contributed by atoms with Gasteiger partial charge in [0.1, 0.15) is 0 Å². The van der Waals surface area contributed by atoms with Gasteiger partial charge in [-0.2, -0.15) is 0 Å². The molecule has 1 atom stereocenters. The standard InChI is InChI=1S/C17H15Cl2NO3/c1-10-13(18)8-5-9-15(10)20-16(21)11(2)23-17(22)12-6-3-4-7-14(12)19/h3-9,11H,1-2H3,(H,20,21)/t11-/m1/s1. The summed E-state index contributed by atoms with van der Waals surface area (Å²) in [6, 6.07) is 11.7. The van der Waals surface area contributed by atoms with E-state index in [1.807, 2.05) is 0 Å². The molecule has 0 heterocycles. The summed E-state index contributed by atoms with van der Waals surface area (Å²) < 4.78 is 5.15. The van der Waals surface area contributed by atoms with Gasteiger partial charge in [-0.25, -0.2) is 4.79 Å². The number of halogens is 2. The highest BCUT2D eigenvalue weighted by Gasteiger charge is 2.21. The highest BCUT2D eigenvalue weighted by Crippen LogP contribution is 2.23. The first-order chi connectivity index (χ1) is 10.9. The summed E-state index contributed by atoms with van der Waals surface area (Å²) in [5.41, 5.74) is 1.53. The predicted molar refractivity (Wildman–Crippen MR) is 91.1 cm³/mol. The van der Waals surface area contributed by atoms with Crippen LogP contribution >= 0.6 is 23.2 Å². The quantitative estimate of drug-likeness (QED) is 0.825. The third-order valence-electron chi connectivity index (χ3n) is 3.27. The van der Waals surface area contributed by atoms with Crippen molar-refractivity contribution in [2.24, 2.45) is 0 Å². The molecule has 0 saturated carbocycles. The number of carbonyl (C=O) groups is 2. The van der Waals surface area contributed by atoms with E-state index in [-0.39, 0.29) is 10.6 Å². The summed E-state index contributed by atoms with van der Waals surface area (Å²) >= 11 is 11.9. The van der Waals surface area contributed by atoms with E-state index >= 15 is 0 Å². The van der Waals surface area contributed by atoms with Crippen LogP contribution in [0.15, 0.2) is 42.5 Å². The number of anilines is 1. The average Bonchev–Trinajstić information content (AvgIpc) is 2.52. The summed E-state index contributed by atoms with van der Waals surface area (Å²) in [6.07, 6.45) is -0.975. The van der Waals surface area contributed by atoms with Gasteiger partial charge in [0.25, 0.3) is 5.91 Å².